The Hall–Kier alpha value is -4.63. The molecule has 0 heterocycles. The van der Waals surface area contributed by atoms with Gasteiger partial charge in [0.25, 0.3) is 0 Å². The van der Waals surface area contributed by atoms with E-state index in [2.05, 4.69) is 156 Å². The van der Waals surface area contributed by atoms with Crippen molar-refractivity contribution in [2.24, 2.45) is 5.10 Å². The molecular weight excluding hydrogens is 486 g/mol. The van der Waals surface area contributed by atoms with E-state index in [1.807, 2.05) is 11.2 Å². The third kappa shape index (κ3) is 6.00. The molecule has 0 aliphatic carbocycles. The van der Waals surface area contributed by atoms with Gasteiger partial charge in [-0.15, -0.1) is 0 Å². The molecule has 0 radical (unpaired) electrons. The van der Waals surface area contributed by atoms with Crippen LogP contribution in [0.5, 0.6) is 0 Å². The first-order valence-corrected chi connectivity index (χ1v) is 13.8. The first kappa shape index (κ1) is 27.0. The van der Waals surface area contributed by atoms with Crippen molar-refractivity contribution in [2.45, 2.75) is 41.5 Å². The zero-order chi connectivity index (χ0) is 28.2. The van der Waals surface area contributed by atoms with Crippen LogP contribution in [0.2, 0.25) is 0 Å². The van der Waals surface area contributed by atoms with Gasteiger partial charge in [-0.1, -0.05) is 71.8 Å². The van der Waals surface area contributed by atoms with E-state index in [0.29, 0.717) is 0 Å². The van der Waals surface area contributed by atoms with Crippen molar-refractivity contribution in [2.75, 3.05) is 9.91 Å². The minimum absolute atomic E-state index is 1.04. The largest absolute Gasteiger partial charge is 0.310 e. The van der Waals surface area contributed by atoms with Crippen LogP contribution in [0.3, 0.4) is 0 Å². The summed E-state index contributed by atoms with van der Waals surface area (Å²) in [6.45, 7) is 12.9. The van der Waals surface area contributed by atoms with Crippen LogP contribution in [0.1, 0.15) is 38.9 Å². The van der Waals surface area contributed by atoms with E-state index in [1.54, 1.807) is 0 Å². The van der Waals surface area contributed by atoms with Crippen molar-refractivity contribution in [1.82, 2.24) is 0 Å². The maximum Gasteiger partial charge on any atom is 0.0655 e. The average molecular weight is 524 g/mol. The summed E-state index contributed by atoms with van der Waals surface area (Å²) in [5, 5.41) is 6.96. The monoisotopic (exact) mass is 523 g/mol. The van der Waals surface area contributed by atoms with Gasteiger partial charge in [-0.3, -0.25) is 0 Å². The Bertz CT molecular complexity index is 1570. The Kier molecular flexibility index (Phi) is 7.84. The zero-order valence-corrected chi connectivity index (χ0v) is 24.3. The van der Waals surface area contributed by atoms with E-state index in [-0.39, 0.29) is 0 Å². The van der Waals surface area contributed by atoms with Gasteiger partial charge in [-0.25, -0.2) is 5.01 Å². The second-order valence-corrected chi connectivity index (χ2v) is 10.7. The molecule has 0 spiro atoms. The molecule has 0 aliphatic heterocycles. The Labute approximate surface area is 239 Å². The van der Waals surface area contributed by atoms with Crippen LogP contribution in [0, 0.1) is 41.5 Å². The number of hydrazone groups is 1. The quantitative estimate of drug-likeness (QED) is 0.156. The fraction of sp³-hybridized carbons (Fsp3) is 0.162. The number of nitrogens with zero attached hydrogens (tertiary/aromatic N) is 3. The van der Waals surface area contributed by atoms with Crippen LogP contribution in [0.4, 0.5) is 28.4 Å². The lowest BCUT2D eigenvalue weighted by atomic mass is 10.0. The topological polar surface area (TPSA) is 18.8 Å². The fourth-order valence-electron chi connectivity index (χ4n) is 5.16. The molecule has 200 valence electrons. The van der Waals surface area contributed by atoms with Gasteiger partial charge in [-0.05, 0) is 118 Å². The second kappa shape index (κ2) is 11.6. The molecule has 40 heavy (non-hydrogen) atoms. The molecule has 0 aliphatic rings. The van der Waals surface area contributed by atoms with E-state index in [9.17, 15) is 0 Å². The summed E-state index contributed by atoms with van der Waals surface area (Å²) in [4.78, 5) is 2.36. The smallest absolute Gasteiger partial charge is 0.0655 e. The van der Waals surface area contributed by atoms with E-state index in [0.717, 1.165) is 22.6 Å². The summed E-state index contributed by atoms with van der Waals surface area (Å²) in [5.74, 6) is 0. The molecular formula is C37H37N3. The molecule has 3 heteroatoms. The highest BCUT2D eigenvalue weighted by atomic mass is 15.5. The van der Waals surface area contributed by atoms with Crippen molar-refractivity contribution in [3.63, 3.8) is 0 Å². The molecule has 5 aromatic carbocycles. The standard InChI is InChI=1S/C37H37N3/c1-26-9-7-11-34(23-26)40(35-12-8-10-27(2)24-35)38-25-32-15-17-33(18-16-32)39(36-19-13-28(3)21-30(36)5)37-20-14-29(4)22-31(37)6/h7-25H,1-6H3/b38-25+. The number of anilines is 5. The first-order valence-electron chi connectivity index (χ1n) is 13.8. The SMILES string of the molecule is Cc1cccc(N(/N=C/c2ccc(N(c3ccc(C)cc3C)c3ccc(C)cc3C)cc2)c2cccc(C)c2)c1. The van der Waals surface area contributed by atoms with Crippen LogP contribution in [-0.4, -0.2) is 6.21 Å². The maximum atomic E-state index is 4.95. The highest BCUT2D eigenvalue weighted by molar-refractivity contribution is 5.85. The van der Waals surface area contributed by atoms with E-state index >= 15 is 0 Å². The van der Waals surface area contributed by atoms with Crippen molar-refractivity contribution in [3.05, 3.63) is 148 Å². The van der Waals surface area contributed by atoms with Crippen LogP contribution >= 0.6 is 0 Å². The third-order valence-electron chi connectivity index (χ3n) is 7.15. The molecule has 5 rings (SSSR count). The molecule has 5 aromatic rings. The fourth-order valence-corrected chi connectivity index (χ4v) is 5.16. The number of rotatable bonds is 7. The lowest BCUT2D eigenvalue weighted by Crippen LogP contribution is -2.13. The van der Waals surface area contributed by atoms with Crippen molar-refractivity contribution < 1.29 is 0 Å². The lowest BCUT2D eigenvalue weighted by Gasteiger charge is -2.29. The van der Waals surface area contributed by atoms with Gasteiger partial charge < -0.3 is 4.90 Å². The van der Waals surface area contributed by atoms with Crippen LogP contribution in [0.25, 0.3) is 0 Å². The van der Waals surface area contributed by atoms with Gasteiger partial charge in [0.1, 0.15) is 0 Å². The third-order valence-corrected chi connectivity index (χ3v) is 7.15. The van der Waals surface area contributed by atoms with Gasteiger partial charge in [0, 0.05) is 17.1 Å². The predicted molar refractivity (Wildman–Crippen MR) is 172 cm³/mol. The summed E-state index contributed by atoms with van der Waals surface area (Å²) in [6, 6.07) is 38.9. The molecule has 0 fully saturated rings. The summed E-state index contributed by atoms with van der Waals surface area (Å²) in [7, 11) is 0. The zero-order valence-electron chi connectivity index (χ0n) is 24.3. The van der Waals surface area contributed by atoms with Gasteiger partial charge >= 0.3 is 0 Å². The Morgan fingerprint density at radius 2 is 0.950 bits per heavy atom. The molecule has 0 atom stereocenters. The predicted octanol–water partition coefficient (Wildman–Crippen LogP) is 10.2. The maximum absolute atomic E-state index is 4.95. The minimum Gasteiger partial charge on any atom is -0.310 e. The highest BCUT2D eigenvalue weighted by Gasteiger charge is 2.17. The van der Waals surface area contributed by atoms with Crippen LogP contribution < -0.4 is 9.91 Å². The van der Waals surface area contributed by atoms with Crippen molar-refractivity contribution in [3.8, 4) is 0 Å². The van der Waals surface area contributed by atoms with E-state index in [4.69, 9.17) is 5.10 Å². The summed E-state index contributed by atoms with van der Waals surface area (Å²) in [6.07, 6.45) is 1.94. The van der Waals surface area contributed by atoms with Gasteiger partial charge in [0.2, 0.25) is 0 Å². The van der Waals surface area contributed by atoms with E-state index in [1.165, 1.54) is 44.8 Å². The van der Waals surface area contributed by atoms with Crippen molar-refractivity contribution >= 4 is 34.7 Å². The average Bonchev–Trinajstić information content (AvgIpc) is 2.92. The minimum atomic E-state index is 1.04. The van der Waals surface area contributed by atoms with Gasteiger partial charge in [0.15, 0.2) is 0 Å². The molecule has 0 saturated carbocycles. The summed E-state index contributed by atoms with van der Waals surface area (Å²) >= 11 is 0. The summed E-state index contributed by atoms with van der Waals surface area (Å²) < 4.78 is 0. The highest BCUT2D eigenvalue weighted by Crippen LogP contribution is 2.38. The van der Waals surface area contributed by atoms with Crippen molar-refractivity contribution in [1.29, 1.82) is 0 Å². The molecule has 0 saturated heterocycles. The summed E-state index contributed by atoms with van der Waals surface area (Å²) in [5.41, 5.74) is 14.0. The molecule has 0 N–H and O–H groups in total. The van der Waals surface area contributed by atoms with Gasteiger partial charge in [0.05, 0.1) is 17.6 Å². The van der Waals surface area contributed by atoms with Crippen LogP contribution in [-0.2, 0) is 0 Å². The van der Waals surface area contributed by atoms with Gasteiger partial charge in [-0.2, -0.15) is 5.10 Å². The molecule has 0 bridgehead atoms. The lowest BCUT2D eigenvalue weighted by molar-refractivity contribution is 1.09. The van der Waals surface area contributed by atoms with E-state index < -0.39 is 0 Å². The Balaban J connectivity index is 1.52. The molecule has 0 aromatic heterocycles. The van der Waals surface area contributed by atoms with Crippen LogP contribution in [0.15, 0.2) is 114 Å². The molecule has 0 unspecified atom stereocenters. The second-order valence-electron chi connectivity index (χ2n) is 10.7. The number of hydrogen-bond acceptors (Lipinski definition) is 3. The normalized spacial score (nSPS) is 11.2. The number of hydrogen-bond donors (Lipinski definition) is 0. The molecule has 3 nitrogen and oxygen atoms in total. The number of benzene rings is 5. The Morgan fingerprint density at radius 3 is 1.40 bits per heavy atom. The Morgan fingerprint density at radius 1 is 0.475 bits per heavy atom. The molecule has 0 amide bonds. The number of aryl methyl sites for hydroxylation is 6. The first-order chi connectivity index (χ1) is 19.3.